The largest absolute Gasteiger partial charge is 0.332 e. The first-order valence-corrected chi connectivity index (χ1v) is 5.66. The summed E-state index contributed by atoms with van der Waals surface area (Å²) in [5.41, 5.74) is 1.85. The van der Waals surface area contributed by atoms with E-state index in [0.717, 1.165) is 11.0 Å². The highest BCUT2D eigenvalue weighted by molar-refractivity contribution is 5.93. The zero-order valence-corrected chi connectivity index (χ0v) is 9.95. The molecule has 0 radical (unpaired) electrons. The number of benzene rings is 1. The summed E-state index contributed by atoms with van der Waals surface area (Å²) < 4.78 is 3.56. The van der Waals surface area contributed by atoms with Gasteiger partial charge >= 0.3 is 0 Å². The third kappa shape index (κ3) is 1.69. The predicted octanol–water partition coefficient (Wildman–Crippen LogP) is 1.65. The lowest BCUT2D eigenvalue weighted by molar-refractivity contribution is 0.0960. The van der Waals surface area contributed by atoms with Crippen molar-refractivity contribution in [1.82, 2.24) is 19.1 Å². The second-order valence-electron chi connectivity index (χ2n) is 4.15. The van der Waals surface area contributed by atoms with Crippen LogP contribution in [0, 0.1) is 0 Å². The van der Waals surface area contributed by atoms with Crippen LogP contribution < -0.4 is 0 Å². The summed E-state index contributed by atoms with van der Waals surface area (Å²) in [5, 5.41) is 0. The minimum atomic E-state index is -0.0225. The van der Waals surface area contributed by atoms with Gasteiger partial charge in [0.25, 0.3) is 0 Å². The molecular formula is C13H12N4O. The predicted molar refractivity (Wildman–Crippen MR) is 67.3 cm³/mol. The van der Waals surface area contributed by atoms with Gasteiger partial charge in [-0.2, -0.15) is 0 Å². The number of aromatic nitrogens is 4. The maximum absolute atomic E-state index is 12.1. The van der Waals surface area contributed by atoms with Crippen LogP contribution in [0.1, 0.15) is 10.6 Å². The summed E-state index contributed by atoms with van der Waals surface area (Å²) in [7, 11) is 1.81. The summed E-state index contributed by atoms with van der Waals surface area (Å²) in [6.07, 6.45) is 5.07. The molecule has 5 heteroatoms. The molecule has 0 aliphatic carbocycles. The quantitative estimate of drug-likeness (QED) is 0.654. The van der Waals surface area contributed by atoms with E-state index in [1.807, 2.05) is 35.9 Å². The molecule has 0 N–H and O–H groups in total. The molecule has 0 saturated heterocycles. The maximum atomic E-state index is 12.1. The van der Waals surface area contributed by atoms with Crippen molar-refractivity contribution in [3.05, 3.63) is 48.8 Å². The van der Waals surface area contributed by atoms with E-state index in [2.05, 4.69) is 9.97 Å². The molecule has 0 aliphatic rings. The van der Waals surface area contributed by atoms with Crippen LogP contribution in [0.2, 0.25) is 0 Å². The fourth-order valence-corrected chi connectivity index (χ4v) is 2.00. The second kappa shape index (κ2) is 4.10. The number of ketones is 1. The highest BCUT2D eigenvalue weighted by atomic mass is 16.1. The number of hydrogen-bond donors (Lipinski definition) is 0. The number of Topliss-reactive ketones (excluding diaryl/α,β-unsaturated/α-hetero) is 1. The zero-order chi connectivity index (χ0) is 12.5. The number of rotatable bonds is 3. The minimum absolute atomic E-state index is 0.0225. The van der Waals surface area contributed by atoms with Gasteiger partial charge in [-0.3, -0.25) is 4.79 Å². The molecule has 1 aromatic carbocycles. The summed E-state index contributed by atoms with van der Waals surface area (Å²) in [6.45, 7) is 0.255. The van der Waals surface area contributed by atoms with Gasteiger partial charge in [0.2, 0.25) is 5.78 Å². The van der Waals surface area contributed by atoms with Crippen molar-refractivity contribution in [1.29, 1.82) is 0 Å². The molecule has 0 fully saturated rings. The molecule has 2 aromatic heterocycles. The Morgan fingerprint density at radius 3 is 2.89 bits per heavy atom. The number of imidazole rings is 2. The monoisotopic (exact) mass is 240 g/mol. The van der Waals surface area contributed by atoms with E-state index in [9.17, 15) is 4.79 Å². The van der Waals surface area contributed by atoms with Crippen LogP contribution in [0.3, 0.4) is 0 Å². The molecule has 0 amide bonds. The Kier molecular flexibility index (Phi) is 2.44. The molecule has 2 heterocycles. The lowest BCUT2D eigenvalue weighted by Crippen LogP contribution is -2.14. The van der Waals surface area contributed by atoms with Crippen LogP contribution in [0.5, 0.6) is 0 Å². The van der Waals surface area contributed by atoms with Crippen LogP contribution in [0.25, 0.3) is 11.0 Å². The zero-order valence-electron chi connectivity index (χ0n) is 9.95. The van der Waals surface area contributed by atoms with E-state index < -0.39 is 0 Å². The second-order valence-corrected chi connectivity index (χ2v) is 4.15. The van der Waals surface area contributed by atoms with Crippen molar-refractivity contribution in [2.75, 3.05) is 0 Å². The molecule has 3 rings (SSSR count). The summed E-state index contributed by atoms with van der Waals surface area (Å²) >= 11 is 0. The molecule has 0 spiro atoms. The fraction of sp³-hybridized carbons (Fsp3) is 0.154. The average molecular weight is 240 g/mol. The van der Waals surface area contributed by atoms with E-state index in [4.69, 9.17) is 0 Å². The van der Waals surface area contributed by atoms with Crippen molar-refractivity contribution >= 4 is 16.8 Å². The molecule has 0 unspecified atom stereocenters. The fourth-order valence-electron chi connectivity index (χ4n) is 2.00. The molecular weight excluding hydrogens is 228 g/mol. The standard InChI is InChI=1S/C13H12N4O/c1-16-7-6-14-13(16)12(18)8-17-9-15-10-4-2-3-5-11(10)17/h2-7,9H,8H2,1H3. The van der Waals surface area contributed by atoms with Gasteiger partial charge in [0.05, 0.1) is 23.9 Å². The van der Waals surface area contributed by atoms with Gasteiger partial charge in [-0.15, -0.1) is 0 Å². The molecule has 18 heavy (non-hydrogen) atoms. The maximum Gasteiger partial charge on any atom is 0.217 e. The third-order valence-electron chi connectivity index (χ3n) is 2.91. The van der Waals surface area contributed by atoms with Gasteiger partial charge in [0.1, 0.15) is 0 Å². The minimum Gasteiger partial charge on any atom is -0.332 e. The van der Waals surface area contributed by atoms with Gasteiger partial charge < -0.3 is 9.13 Å². The summed E-state index contributed by atoms with van der Waals surface area (Å²) in [6, 6.07) is 7.75. The Morgan fingerprint density at radius 2 is 2.11 bits per heavy atom. The van der Waals surface area contributed by atoms with E-state index in [-0.39, 0.29) is 12.3 Å². The molecule has 0 aliphatic heterocycles. The summed E-state index contributed by atoms with van der Waals surface area (Å²) in [5.74, 6) is 0.443. The molecule has 3 aromatic rings. The van der Waals surface area contributed by atoms with Crippen molar-refractivity contribution in [3.8, 4) is 0 Å². The number of carbonyl (C=O) groups is 1. The Bertz CT molecular complexity index is 710. The van der Waals surface area contributed by atoms with Gasteiger partial charge in [0, 0.05) is 19.4 Å². The number of nitrogens with zero attached hydrogens (tertiary/aromatic N) is 4. The lowest BCUT2D eigenvalue weighted by atomic mass is 10.3. The van der Waals surface area contributed by atoms with Crippen LogP contribution in [-0.4, -0.2) is 24.9 Å². The van der Waals surface area contributed by atoms with Crippen LogP contribution in [-0.2, 0) is 13.6 Å². The number of fused-ring (bicyclic) bond motifs is 1. The Morgan fingerprint density at radius 1 is 1.28 bits per heavy atom. The summed E-state index contributed by atoms with van der Waals surface area (Å²) in [4.78, 5) is 20.4. The van der Waals surface area contributed by atoms with Gasteiger partial charge in [-0.05, 0) is 12.1 Å². The smallest absolute Gasteiger partial charge is 0.217 e. The number of hydrogen-bond acceptors (Lipinski definition) is 3. The van der Waals surface area contributed by atoms with Crippen molar-refractivity contribution in [2.45, 2.75) is 6.54 Å². The van der Waals surface area contributed by atoms with Gasteiger partial charge in [-0.1, -0.05) is 12.1 Å². The highest BCUT2D eigenvalue weighted by Crippen LogP contribution is 2.12. The van der Waals surface area contributed by atoms with Crippen molar-refractivity contribution in [2.24, 2.45) is 7.05 Å². The van der Waals surface area contributed by atoms with Crippen molar-refractivity contribution < 1.29 is 4.79 Å². The SMILES string of the molecule is Cn1ccnc1C(=O)Cn1cnc2ccccc21. The molecule has 5 nitrogen and oxygen atoms in total. The molecule has 0 bridgehead atoms. The van der Waals surface area contributed by atoms with E-state index in [0.29, 0.717) is 5.82 Å². The Labute approximate surface area is 104 Å². The Hall–Kier alpha value is -2.43. The number of aryl methyl sites for hydroxylation is 1. The Balaban J connectivity index is 1.93. The third-order valence-corrected chi connectivity index (χ3v) is 2.91. The van der Waals surface area contributed by atoms with E-state index >= 15 is 0 Å². The topological polar surface area (TPSA) is 52.7 Å². The normalized spacial score (nSPS) is 10.9. The van der Waals surface area contributed by atoms with Crippen LogP contribution in [0.15, 0.2) is 43.0 Å². The van der Waals surface area contributed by atoms with Gasteiger partial charge in [-0.25, -0.2) is 9.97 Å². The van der Waals surface area contributed by atoms with Gasteiger partial charge in [0.15, 0.2) is 5.82 Å². The molecule has 0 saturated carbocycles. The van der Waals surface area contributed by atoms with Crippen LogP contribution >= 0.6 is 0 Å². The lowest BCUT2D eigenvalue weighted by Gasteiger charge is -2.03. The first-order valence-electron chi connectivity index (χ1n) is 5.66. The van der Waals surface area contributed by atoms with Crippen LogP contribution in [0.4, 0.5) is 0 Å². The van der Waals surface area contributed by atoms with E-state index in [1.165, 1.54) is 0 Å². The highest BCUT2D eigenvalue weighted by Gasteiger charge is 2.12. The first-order chi connectivity index (χ1) is 8.75. The number of carbonyl (C=O) groups excluding carboxylic acids is 1. The average Bonchev–Trinajstić information content (AvgIpc) is 2.97. The first kappa shape index (κ1) is 10.7. The number of para-hydroxylation sites is 2. The van der Waals surface area contributed by atoms with E-state index in [1.54, 1.807) is 23.3 Å². The molecule has 90 valence electrons. The van der Waals surface area contributed by atoms with Crippen molar-refractivity contribution in [3.63, 3.8) is 0 Å². The molecule has 0 atom stereocenters.